The molecule has 0 spiro atoms. The molecule has 1 saturated heterocycles. The van der Waals surface area contributed by atoms with E-state index in [0.717, 1.165) is 18.5 Å². The van der Waals surface area contributed by atoms with Crippen LogP contribution in [0.1, 0.15) is 12.0 Å². The van der Waals surface area contributed by atoms with Crippen molar-refractivity contribution >= 4 is 0 Å². The molecule has 0 saturated carbocycles. The molecule has 1 N–H and O–H groups in total. The van der Waals surface area contributed by atoms with Gasteiger partial charge in [-0.15, -0.1) is 0 Å². The van der Waals surface area contributed by atoms with Crippen molar-refractivity contribution in [3.63, 3.8) is 0 Å². The standard InChI is InChI=1S/C13H18NO2/c1-14-9-8-13(16-2,12(15)10-14)11-6-4-3-5-7-11/h3-7,12,15H,1,8-10H2,2H3/q-1. The average molecular weight is 220 g/mol. The third kappa shape index (κ3) is 1.86. The normalized spacial score (nSPS) is 31.6. The van der Waals surface area contributed by atoms with E-state index in [4.69, 9.17) is 4.74 Å². The second-order valence-electron chi connectivity index (χ2n) is 4.30. The molecular weight excluding hydrogens is 202 g/mol. The minimum absolute atomic E-state index is 0.536. The molecule has 1 fully saturated rings. The summed E-state index contributed by atoms with van der Waals surface area (Å²) in [6, 6.07) is 9.92. The first-order valence-electron chi connectivity index (χ1n) is 5.53. The molecule has 1 aromatic rings. The Morgan fingerprint density at radius 3 is 2.69 bits per heavy atom. The van der Waals surface area contributed by atoms with Crippen LogP contribution >= 0.6 is 0 Å². The monoisotopic (exact) mass is 220 g/mol. The van der Waals surface area contributed by atoms with Crippen LogP contribution in [0.4, 0.5) is 0 Å². The Kier molecular flexibility index (Phi) is 3.28. The molecule has 0 bridgehead atoms. The zero-order valence-corrected chi connectivity index (χ0v) is 9.60. The Bertz CT molecular complexity index is 341. The Hall–Kier alpha value is -0.900. The number of likely N-dealkylation sites (tertiary alicyclic amines) is 1. The summed E-state index contributed by atoms with van der Waals surface area (Å²) < 4.78 is 5.62. The van der Waals surface area contributed by atoms with Crippen LogP contribution in [-0.2, 0) is 10.3 Å². The summed E-state index contributed by atoms with van der Waals surface area (Å²) in [5, 5.41) is 10.2. The molecule has 3 heteroatoms. The van der Waals surface area contributed by atoms with Crippen LogP contribution in [0.15, 0.2) is 30.3 Å². The van der Waals surface area contributed by atoms with Gasteiger partial charge in [0.05, 0.1) is 6.10 Å². The molecule has 1 heterocycles. The Balaban J connectivity index is 2.32. The minimum atomic E-state index is -0.574. The van der Waals surface area contributed by atoms with E-state index in [0.29, 0.717) is 6.54 Å². The third-order valence-corrected chi connectivity index (χ3v) is 3.40. The molecule has 2 unspecified atom stereocenters. The fraction of sp³-hybridized carbons (Fsp3) is 0.462. The molecule has 0 aromatic heterocycles. The highest BCUT2D eigenvalue weighted by atomic mass is 16.5. The van der Waals surface area contributed by atoms with Crippen LogP contribution in [0.3, 0.4) is 0 Å². The number of ether oxygens (including phenoxy) is 1. The number of β-amino-alcohol motifs (C(OH)–C–C–N with tert-alkyl or cyclic N) is 1. The molecule has 0 radical (unpaired) electrons. The summed E-state index contributed by atoms with van der Waals surface area (Å²) in [6.07, 6.45) is 0.226. The second-order valence-corrected chi connectivity index (χ2v) is 4.30. The molecule has 1 aromatic carbocycles. The van der Waals surface area contributed by atoms with E-state index in [1.807, 2.05) is 35.2 Å². The van der Waals surface area contributed by atoms with Gasteiger partial charge in [-0.25, -0.2) is 0 Å². The SMILES string of the molecule is [CH2-]N1CCC(OC)(c2ccccc2)C(O)C1. The summed E-state index contributed by atoms with van der Waals surface area (Å²) in [4.78, 5) is 1.88. The van der Waals surface area contributed by atoms with Crippen LogP contribution < -0.4 is 0 Å². The molecule has 2 atom stereocenters. The highest BCUT2D eigenvalue weighted by Crippen LogP contribution is 2.36. The van der Waals surface area contributed by atoms with E-state index in [-0.39, 0.29) is 0 Å². The summed E-state index contributed by atoms with van der Waals surface area (Å²) >= 11 is 0. The Labute approximate surface area is 96.6 Å². The lowest BCUT2D eigenvalue weighted by atomic mass is 9.82. The van der Waals surface area contributed by atoms with Crippen molar-refractivity contribution in [1.82, 2.24) is 4.90 Å². The number of aliphatic hydroxyl groups is 1. The lowest BCUT2D eigenvalue weighted by molar-refractivity contribution is -0.141. The summed E-state index contributed by atoms with van der Waals surface area (Å²) in [5.41, 5.74) is 0.466. The van der Waals surface area contributed by atoms with Crippen molar-refractivity contribution in [1.29, 1.82) is 0 Å². The zero-order valence-electron chi connectivity index (χ0n) is 9.60. The summed E-state index contributed by atoms with van der Waals surface area (Å²) in [5.74, 6) is 0. The van der Waals surface area contributed by atoms with Gasteiger partial charge in [-0.3, -0.25) is 7.05 Å². The van der Waals surface area contributed by atoms with Crippen LogP contribution in [0.25, 0.3) is 0 Å². The largest absolute Gasteiger partial charge is 0.457 e. The second kappa shape index (κ2) is 4.53. The predicted octanol–water partition coefficient (Wildman–Crippen LogP) is 1.39. The van der Waals surface area contributed by atoms with Gasteiger partial charge in [0.25, 0.3) is 0 Å². The Morgan fingerprint density at radius 1 is 1.44 bits per heavy atom. The first-order chi connectivity index (χ1) is 7.69. The zero-order chi connectivity index (χ0) is 11.6. The quantitative estimate of drug-likeness (QED) is 0.764. The van der Waals surface area contributed by atoms with E-state index in [1.54, 1.807) is 7.11 Å². The maximum atomic E-state index is 10.2. The van der Waals surface area contributed by atoms with Gasteiger partial charge in [0.1, 0.15) is 5.60 Å². The Morgan fingerprint density at radius 2 is 2.12 bits per heavy atom. The van der Waals surface area contributed by atoms with Gasteiger partial charge in [-0.05, 0) is 25.1 Å². The molecule has 88 valence electrons. The fourth-order valence-electron chi connectivity index (χ4n) is 2.39. The molecular formula is C13H18NO2-. The number of rotatable bonds is 2. The number of aliphatic hydroxyl groups excluding tert-OH is 1. The molecule has 0 aliphatic carbocycles. The molecule has 1 aliphatic heterocycles. The summed E-state index contributed by atoms with van der Waals surface area (Å²) in [6.45, 7) is 1.38. The van der Waals surface area contributed by atoms with Crippen molar-refractivity contribution in [3.05, 3.63) is 42.9 Å². The van der Waals surface area contributed by atoms with Gasteiger partial charge in [0.2, 0.25) is 0 Å². The van der Waals surface area contributed by atoms with Gasteiger partial charge >= 0.3 is 0 Å². The molecule has 0 amide bonds. The maximum absolute atomic E-state index is 10.2. The number of benzene rings is 1. The van der Waals surface area contributed by atoms with Gasteiger partial charge in [0, 0.05) is 7.11 Å². The minimum Gasteiger partial charge on any atom is -0.457 e. The van der Waals surface area contributed by atoms with Gasteiger partial charge in [0.15, 0.2) is 0 Å². The smallest absolute Gasteiger partial charge is 0.121 e. The number of methoxy groups -OCH3 is 1. The molecule has 16 heavy (non-hydrogen) atoms. The lowest BCUT2D eigenvalue weighted by Gasteiger charge is -2.46. The number of hydrogen-bond donors (Lipinski definition) is 1. The van der Waals surface area contributed by atoms with Crippen molar-refractivity contribution in [3.8, 4) is 0 Å². The first-order valence-corrected chi connectivity index (χ1v) is 5.53. The van der Waals surface area contributed by atoms with E-state index >= 15 is 0 Å². The molecule has 3 nitrogen and oxygen atoms in total. The fourth-order valence-corrected chi connectivity index (χ4v) is 2.39. The molecule has 1 aliphatic rings. The number of nitrogens with zero attached hydrogens (tertiary/aromatic N) is 1. The van der Waals surface area contributed by atoms with Gasteiger partial charge < -0.3 is 14.7 Å². The van der Waals surface area contributed by atoms with E-state index in [9.17, 15) is 5.11 Å². The highest BCUT2D eigenvalue weighted by Gasteiger charge is 2.41. The lowest BCUT2D eigenvalue weighted by Crippen LogP contribution is -2.52. The van der Waals surface area contributed by atoms with E-state index in [2.05, 4.69) is 7.05 Å². The van der Waals surface area contributed by atoms with Crippen molar-refractivity contribution in [2.45, 2.75) is 18.1 Å². The van der Waals surface area contributed by atoms with Gasteiger partial charge in [-0.1, -0.05) is 30.3 Å². The topological polar surface area (TPSA) is 32.7 Å². The van der Waals surface area contributed by atoms with Crippen molar-refractivity contribution < 1.29 is 9.84 Å². The van der Waals surface area contributed by atoms with E-state index in [1.165, 1.54) is 0 Å². The number of hydrogen-bond acceptors (Lipinski definition) is 3. The van der Waals surface area contributed by atoms with Crippen LogP contribution in [-0.4, -0.2) is 36.3 Å². The van der Waals surface area contributed by atoms with Crippen LogP contribution in [0, 0.1) is 7.05 Å². The maximum Gasteiger partial charge on any atom is 0.121 e. The first kappa shape index (κ1) is 11.6. The molecule has 2 rings (SSSR count). The van der Waals surface area contributed by atoms with E-state index < -0.39 is 11.7 Å². The predicted molar refractivity (Wildman–Crippen MR) is 62.7 cm³/mol. The van der Waals surface area contributed by atoms with Crippen molar-refractivity contribution in [2.24, 2.45) is 0 Å². The van der Waals surface area contributed by atoms with Crippen molar-refractivity contribution in [2.75, 3.05) is 20.2 Å². The number of piperidine rings is 1. The summed E-state index contributed by atoms with van der Waals surface area (Å²) in [7, 11) is 5.52. The van der Waals surface area contributed by atoms with Crippen LogP contribution in [0.5, 0.6) is 0 Å². The highest BCUT2D eigenvalue weighted by molar-refractivity contribution is 5.25. The average Bonchev–Trinajstić information content (AvgIpc) is 2.31. The van der Waals surface area contributed by atoms with Crippen LogP contribution in [0.2, 0.25) is 0 Å². The van der Waals surface area contributed by atoms with Gasteiger partial charge in [-0.2, -0.15) is 0 Å². The third-order valence-electron chi connectivity index (χ3n) is 3.40.